The first-order valence-electron chi connectivity index (χ1n) is 12.7. The zero-order chi connectivity index (χ0) is 27.2. The van der Waals surface area contributed by atoms with Crippen LogP contribution >= 0.6 is 11.6 Å². The number of carbonyl (C=O) groups is 3. The van der Waals surface area contributed by atoms with Crippen LogP contribution in [0.25, 0.3) is 10.9 Å². The van der Waals surface area contributed by atoms with Crippen molar-refractivity contribution in [3.63, 3.8) is 0 Å². The van der Waals surface area contributed by atoms with Gasteiger partial charge in [-0.3, -0.25) is 14.5 Å². The molecule has 3 heterocycles. The van der Waals surface area contributed by atoms with E-state index in [1.165, 1.54) is 4.90 Å². The fraction of sp³-hybridized carbons (Fsp3) is 0.444. The molecule has 3 aromatic rings. The Morgan fingerprint density at radius 3 is 2.76 bits per heavy atom. The van der Waals surface area contributed by atoms with Crippen LogP contribution in [0, 0.1) is 0 Å². The number of H-pyrrole nitrogens is 1. The average molecular weight is 539 g/mol. The van der Waals surface area contributed by atoms with E-state index < -0.39 is 29.1 Å². The van der Waals surface area contributed by atoms with Gasteiger partial charge in [0.1, 0.15) is 16.8 Å². The van der Waals surface area contributed by atoms with Crippen LogP contribution in [0.3, 0.4) is 0 Å². The van der Waals surface area contributed by atoms with E-state index >= 15 is 0 Å². The number of amides is 2. The van der Waals surface area contributed by atoms with E-state index in [0.717, 1.165) is 29.3 Å². The Labute approximate surface area is 225 Å². The number of ketones is 1. The minimum absolute atomic E-state index is 0.0151. The van der Waals surface area contributed by atoms with E-state index in [1.54, 1.807) is 51.2 Å². The van der Waals surface area contributed by atoms with Crippen molar-refractivity contribution in [2.45, 2.75) is 76.7 Å². The van der Waals surface area contributed by atoms with Gasteiger partial charge < -0.3 is 20.8 Å². The number of benzene rings is 1. The van der Waals surface area contributed by atoms with Gasteiger partial charge in [0.2, 0.25) is 5.78 Å². The van der Waals surface area contributed by atoms with E-state index in [0.29, 0.717) is 35.8 Å². The quantitative estimate of drug-likeness (QED) is 0.424. The molecule has 1 saturated carbocycles. The largest absolute Gasteiger partial charge is 0.444 e. The van der Waals surface area contributed by atoms with E-state index in [1.807, 2.05) is 0 Å². The number of carbonyl (C=O) groups excluding carboxylic acids is 3. The molecular formula is C27H31ClN6O4. The summed E-state index contributed by atoms with van der Waals surface area (Å²) in [4.78, 5) is 52.7. The van der Waals surface area contributed by atoms with Gasteiger partial charge in [0.05, 0.1) is 24.8 Å². The number of aromatic nitrogens is 3. The zero-order valence-corrected chi connectivity index (χ0v) is 22.4. The Hall–Kier alpha value is -3.50. The molecule has 200 valence electrons. The predicted molar refractivity (Wildman–Crippen MR) is 142 cm³/mol. The molecule has 2 aromatic heterocycles. The Morgan fingerprint density at radius 2 is 2.00 bits per heavy atom. The molecule has 1 fully saturated rings. The highest BCUT2D eigenvalue weighted by molar-refractivity contribution is 6.31. The molecule has 0 radical (unpaired) electrons. The summed E-state index contributed by atoms with van der Waals surface area (Å²) in [5, 5.41) is 4.36. The number of fused-ring (bicyclic) bond motifs is 2. The van der Waals surface area contributed by atoms with Gasteiger partial charge in [-0.15, -0.1) is 0 Å². The lowest BCUT2D eigenvalue weighted by Crippen LogP contribution is -2.64. The Morgan fingerprint density at radius 1 is 1.21 bits per heavy atom. The van der Waals surface area contributed by atoms with Crippen molar-refractivity contribution in [3.05, 3.63) is 58.3 Å². The minimum Gasteiger partial charge on any atom is -0.444 e. The summed E-state index contributed by atoms with van der Waals surface area (Å²) in [5.41, 5.74) is 7.24. The maximum atomic E-state index is 13.7. The number of nitrogens with one attached hydrogen (secondary N) is 2. The number of halogens is 1. The molecule has 0 bridgehead atoms. The number of hydrogen-bond donors (Lipinski definition) is 3. The van der Waals surface area contributed by atoms with Crippen LogP contribution in [-0.4, -0.2) is 54.8 Å². The SMILES string of the molecule is CC(C)(C)OC(=O)N1Cc2cnc(C(=O)C3(N)CCCCC3NC(=O)c3cc4cc(Cl)ccc4[nH]3)nc2C1. The normalized spacial score (nSPS) is 21.3. The molecular weight excluding hydrogens is 508 g/mol. The lowest BCUT2D eigenvalue weighted by Gasteiger charge is -2.39. The Balaban J connectivity index is 1.33. The fourth-order valence-corrected chi connectivity index (χ4v) is 5.24. The molecule has 4 N–H and O–H groups in total. The Kier molecular flexibility index (Phi) is 6.65. The molecule has 11 heteroatoms. The third-order valence-corrected chi connectivity index (χ3v) is 7.26. The van der Waals surface area contributed by atoms with Gasteiger partial charge in [-0.2, -0.15) is 0 Å². The number of Topliss-reactive ketones (excluding diaryl/α,β-unsaturated/α-hetero) is 1. The van der Waals surface area contributed by atoms with E-state index in [-0.39, 0.29) is 18.3 Å². The number of aromatic amines is 1. The van der Waals surface area contributed by atoms with Crippen LogP contribution in [0.2, 0.25) is 5.02 Å². The summed E-state index contributed by atoms with van der Waals surface area (Å²) in [5.74, 6) is -0.794. The van der Waals surface area contributed by atoms with Crippen molar-refractivity contribution >= 4 is 40.3 Å². The van der Waals surface area contributed by atoms with Gasteiger partial charge in [-0.25, -0.2) is 14.8 Å². The smallest absolute Gasteiger partial charge is 0.410 e. The molecule has 2 unspecified atom stereocenters. The summed E-state index contributed by atoms with van der Waals surface area (Å²) in [6, 6.07) is 6.45. The summed E-state index contributed by atoms with van der Waals surface area (Å²) >= 11 is 6.07. The van der Waals surface area contributed by atoms with Crippen molar-refractivity contribution < 1.29 is 19.1 Å². The number of nitrogens with zero attached hydrogens (tertiary/aromatic N) is 3. The average Bonchev–Trinajstić information content (AvgIpc) is 3.47. The van der Waals surface area contributed by atoms with E-state index in [2.05, 4.69) is 20.3 Å². The first-order chi connectivity index (χ1) is 17.9. The van der Waals surface area contributed by atoms with Gasteiger partial charge in [0.25, 0.3) is 5.91 Å². The second-order valence-electron chi connectivity index (χ2n) is 11.1. The second kappa shape index (κ2) is 9.67. The van der Waals surface area contributed by atoms with Crippen LogP contribution < -0.4 is 11.1 Å². The topological polar surface area (TPSA) is 143 Å². The highest BCUT2D eigenvalue weighted by Gasteiger charge is 2.46. The maximum Gasteiger partial charge on any atom is 0.410 e. The summed E-state index contributed by atoms with van der Waals surface area (Å²) in [6.07, 6.45) is 3.63. The minimum atomic E-state index is -1.36. The van der Waals surface area contributed by atoms with Crippen LogP contribution in [-0.2, 0) is 17.8 Å². The van der Waals surface area contributed by atoms with E-state index in [4.69, 9.17) is 22.1 Å². The van der Waals surface area contributed by atoms with Gasteiger partial charge >= 0.3 is 6.09 Å². The van der Waals surface area contributed by atoms with Crippen molar-refractivity contribution in [2.24, 2.45) is 5.73 Å². The second-order valence-corrected chi connectivity index (χ2v) is 11.5. The first kappa shape index (κ1) is 26.1. The van der Waals surface area contributed by atoms with Gasteiger partial charge in [0.15, 0.2) is 5.82 Å². The first-order valence-corrected chi connectivity index (χ1v) is 13.1. The van der Waals surface area contributed by atoms with Crippen LogP contribution in [0.15, 0.2) is 30.5 Å². The summed E-state index contributed by atoms with van der Waals surface area (Å²) in [7, 11) is 0. The monoisotopic (exact) mass is 538 g/mol. The molecule has 0 spiro atoms. The maximum absolute atomic E-state index is 13.7. The molecule has 0 saturated heterocycles. The molecule has 2 amide bonds. The van der Waals surface area contributed by atoms with Gasteiger partial charge in [-0.1, -0.05) is 24.4 Å². The van der Waals surface area contributed by atoms with Crippen LogP contribution in [0.1, 0.15) is 78.8 Å². The summed E-state index contributed by atoms with van der Waals surface area (Å²) < 4.78 is 5.46. The molecule has 1 aliphatic carbocycles. The van der Waals surface area contributed by atoms with Crippen molar-refractivity contribution in [1.29, 1.82) is 0 Å². The molecule has 5 rings (SSSR count). The molecule has 2 aliphatic rings. The predicted octanol–water partition coefficient (Wildman–Crippen LogP) is 4.11. The number of rotatable bonds is 4. The molecule has 2 atom stereocenters. The lowest BCUT2D eigenvalue weighted by molar-refractivity contribution is 0.0240. The standard InChI is InChI=1S/C27H31ClN6O4/c1-26(2,3)38-25(37)34-13-16-12-30-23(32-20(16)14-34)22(35)27(29)9-5-4-6-21(27)33-24(36)19-11-15-10-17(28)7-8-18(15)31-19/h7-8,10-12,21,31H,4-6,9,13-14,29H2,1-3H3,(H,33,36). The van der Waals surface area contributed by atoms with Crippen molar-refractivity contribution in [2.75, 3.05) is 0 Å². The molecule has 1 aromatic carbocycles. The highest BCUT2D eigenvalue weighted by atomic mass is 35.5. The highest BCUT2D eigenvalue weighted by Crippen LogP contribution is 2.31. The zero-order valence-electron chi connectivity index (χ0n) is 21.6. The van der Waals surface area contributed by atoms with Gasteiger partial charge in [0, 0.05) is 27.7 Å². The van der Waals surface area contributed by atoms with Crippen molar-refractivity contribution in [3.8, 4) is 0 Å². The van der Waals surface area contributed by atoms with Gasteiger partial charge in [-0.05, 0) is 57.9 Å². The number of ether oxygens (including phenoxy) is 1. The Bertz CT molecular complexity index is 1430. The van der Waals surface area contributed by atoms with Crippen molar-refractivity contribution in [1.82, 2.24) is 25.2 Å². The molecule has 38 heavy (non-hydrogen) atoms. The molecule has 10 nitrogen and oxygen atoms in total. The number of hydrogen-bond acceptors (Lipinski definition) is 7. The fourth-order valence-electron chi connectivity index (χ4n) is 5.06. The molecule has 1 aliphatic heterocycles. The van der Waals surface area contributed by atoms with Crippen LogP contribution in [0.4, 0.5) is 4.79 Å². The third kappa shape index (κ3) is 5.10. The van der Waals surface area contributed by atoms with E-state index in [9.17, 15) is 14.4 Å². The van der Waals surface area contributed by atoms with Crippen LogP contribution in [0.5, 0.6) is 0 Å². The summed E-state index contributed by atoms with van der Waals surface area (Å²) in [6.45, 7) is 5.94. The third-order valence-electron chi connectivity index (χ3n) is 7.02. The lowest BCUT2D eigenvalue weighted by atomic mass is 9.75. The number of nitrogens with two attached hydrogens (primary N) is 1.